The van der Waals surface area contributed by atoms with Gasteiger partial charge in [-0.3, -0.25) is 4.72 Å². The lowest BCUT2D eigenvalue weighted by Gasteiger charge is -2.08. The molecule has 2 aromatic carbocycles. The predicted octanol–water partition coefficient (Wildman–Crippen LogP) is 3.31. The molecule has 3 aromatic rings. The van der Waals surface area contributed by atoms with Crippen LogP contribution in [0.25, 0.3) is 11.3 Å². The third-order valence-corrected chi connectivity index (χ3v) is 5.03. The van der Waals surface area contributed by atoms with E-state index >= 15 is 0 Å². The van der Waals surface area contributed by atoms with Crippen LogP contribution in [0.3, 0.4) is 0 Å². The van der Waals surface area contributed by atoms with E-state index in [0.717, 1.165) is 16.8 Å². The van der Waals surface area contributed by atoms with Crippen molar-refractivity contribution in [3.8, 4) is 11.3 Å². The quantitative estimate of drug-likeness (QED) is 0.796. The van der Waals surface area contributed by atoms with Crippen LogP contribution in [0.2, 0.25) is 0 Å². The van der Waals surface area contributed by atoms with E-state index in [1.54, 1.807) is 36.4 Å². The molecule has 3 rings (SSSR count). The van der Waals surface area contributed by atoms with Crippen molar-refractivity contribution >= 4 is 27.2 Å². The molecule has 0 fully saturated rings. The first-order valence-corrected chi connectivity index (χ1v) is 8.83. The number of aromatic nitrogens is 2. The standard InChI is InChI=1S/C15H13N3O2S2/c1-11-2-8-14(9-3-11)22(19,20)17-13-6-4-12(5-7-13)15-10-21-18-16-15/h2-10,17H,1H3. The topological polar surface area (TPSA) is 72.0 Å². The predicted molar refractivity (Wildman–Crippen MR) is 87.3 cm³/mol. The number of rotatable bonds is 4. The fourth-order valence-electron chi connectivity index (χ4n) is 1.93. The van der Waals surface area contributed by atoms with Gasteiger partial charge in [0.15, 0.2) is 0 Å². The second-order valence-corrected chi connectivity index (χ2v) is 7.08. The molecular formula is C15H13N3O2S2. The molecule has 0 bridgehead atoms. The molecule has 1 N–H and O–H groups in total. The lowest BCUT2D eigenvalue weighted by Crippen LogP contribution is -2.12. The first kappa shape index (κ1) is 14.7. The van der Waals surface area contributed by atoms with Crippen LogP contribution in [0.5, 0.6) is 0 Å². The molecule has 1 heterocycles. The lowest BCUT2D eigenvalue weighted by atomic mass is 10.2. The second kappa shape index (κ2) is 5.86. The molecule has 1 aromatic heterocycles. The Morgan fingerprint density at radius 3 is 2.27 bits per heavy atom. The van der Waals surface area contributed by atoms with E-state index < -0.39 is 10.0 Å². The van der Waals surface area contributed by atoms with Crippen molar-refractivity contribution < 1.29 is 8.42 Å². The molecule has 0 aliphatic rings. The van der Waals surface area contributed by atoms with Gasteiger partial charge in [0.2, 0.25) is 0 Å². The molecule has 5 nitrogen and oxygen atoms in total. The number of hydrogen-bond acceptors (Lipinski definition) is 5. The number of hydrogen-bond donors (Lipinski definition) is 1. The summed E-state index contributed by atoms with van der Waals surface area (Å²) in [7, 11) is -3.57. The summed E-state index contributed by atoms with van der Waals surface area (Å²) in [5.41, 5.74) is 3.19. The summed E-state index contributed by atoms with van der Waals surface area (Å²) in [5, 5.41) is 5.82. The Labute approximate surface area is 132 Å². The SMILES string of the molecule is Cc1ccc(S(=O)(=O)Nc2ccc(-c3csnn3)cc2)cc1. The molecule has 0 aliphatic heterocycles. The van der Waals surface area contributed by atoms with Crippen LogP contribution in [0.4, 0.5) is 5.69 Å². The average molecular weight is 331 g/mol. The summed E-state index contributed by atoms with van der Waals surface area (Å²) in [4.78, 5) is 0.242. The second-order valence-electron chi connectivity index (χ2n) is 4.79. The van der Waals surface area contributed by atoms with E-state index in [2.05, 4.69) is 14.3 Å². The maximum absolute atomic E-state index is 12.3. The van der Waals surface area contributed by atoms with E-state index in [9.17, 15) is 8.42 Å². The molecule has 22 heavy (non-hydrogen) atoms. The van der Waals surface area contributed by atoms with Gasteiger partial charge in [0.05, 0.1) is 4.90 Å². The van der Waals surface area contributed by atoms with Crippen molar-refractivity contribution in [3.63, 3.8) is 0 Å². The van der Waals surface area contributed by atoms with E-state index in [-0.39, 0.29) is 4.90 Å². The minimum Gasteiger partial charge on any atom is -0.280 e. The van der Waals surface area contributed by atoms with Crippen molar-refractivity contribution in [2.45, 2.75) is 11.8 Å². The molecule has 0 unspecified atom stereocenters. The summed E-state index contributed by atoms with van der Waals surface area (Å²) in [6, 6.07) is 13.8. The minimum absolute atomic E-state index is 0.242. The Morgan fingerprint density at radius 1 is 1.00 bits per heavy atom. The van der Waals surface area contributed by atoms with Gasteiger partial charge in [0.1, 0.15) is 5.69 Å². The Kier molecular flexibility index (Phi) is 3.91. The summed E-state index contributed by atoms with van der Waals surface area (Å²) in [6.07, 6.45) is 0. The molecule has 0 atom stereocenters. The molecule has 112 valence electrons. The zero-order valence-corrected chi connectivity index (χ0v) is 13.4. The zero-order valence-electron chi connectivity index (χ0n) is 11.7. The number of anilines is 1. The van der Waals surface area contributed by atoms with Crippen LogP contribution in [0.15, 0.2) is 58.8 Å². The first-order valence-electron chi connectivity index (χ1n) is 6.51. The fraction of sp³-hybridized carbons (Fsp3) is 0.0667. The van der Waals surface area contributed by atoms with Gasteiger partial charge in [-0.25, -0.2) is 8.42 Å². The van der Waals surface area contributed by atoms with E-state index in [1.807, 2.05) is 24.4 Å². The number of nitrogens with one attached hydrogen (secondary N) is 1. The highest BCUT2D eigenvalue weighted by atomic mass is 32.2. The Balaban J connectivity index is 1.82. The van der Waals surface area contributed by atoms with Crippen LogP contribution in [0.1, 0.15) is 5.56 Å². The average Bonchev–Trinajstić information content (AvgIpc) is 3.02. The highest BCUT2D eigenvalue weighted by molar-refractivity contribution is 7.92. The smallest absolute Gasteiger partial charge is 0.261 e. The maximum atomic E-state index is 12.3. The number of sulfonamides is 1. The molecule has 0 spiro atoms. The highest BCUT2D eigenvalue weighted by Gasteiger charge is 2.13. The van der Waals surface area contributed by atoms with Crippen molar-refractivity contribution in [2.24, 2.45) is 0 Å². The Hall–Kier alpha value is -2.25. The Morgan fingerprint density at radius 2 is 1.68 bits per heavy atom. The third-order valence-electron chi connectivity index (χ3n) is 3.12. The zero-order chi connectivity index (χ0) is 15.6. The number of aryl methyl sites for hydroxylation is 1. The van der Waals surface area contributed by atoms with Crippen LogP contribution >= 0.6 is 11.5 Å². The largest absolute Gasteiger partial charge is 0.280 e. The van der Waals surface area contributed by atoms with Gasteiger partial charge in [0, 0.05) is 16.6 Å². The molecule has 0 aliphatic carbocycles. The molecule has 0 saturated heterocycles. The summed E-state index contributed by atoms with van der Waals surface area (Å²) in [6.45, 7) is 1.91. The Bertz CT molecular complexity index is 856. The molecule has 0 saturated carbocycles. The van der Waals surface area contributed by atoms with Gasteiger partial charge in [0.25, 0.3) is 10.0 Å². The third kappa shape index (κ3) is 3.15. The van der Waals surface area contributed by atoms with Gasteiger partial charge < -0.3 is 0 Å². The highest BCUT2D eigenvalue weighted by Crippen LogP contribution is 2.22. The number of nitrogens with zero attached hydrogens (tertiary/aromatic N) is 2. The molecular weight excluding hydrogens is 318 g/mol. The van der Waals surface area contributed by atoms with Crippen molar-refractivity contribution in [1.82, 2.24) is 9.59 Å². The normalized spacial score (nSPS) is 11.3. The van der Waals surface area contributed by atoms with Crippen LogP contribution in [-0.2, 0) is 10.0 Å². The monoisotopic (exact) mass is 331 g/mol. The van der Waals surface area contributed by atoms with Gasteiger partial charge in [-0.2, -0.15) is 0 Å². The summed E-state index contributed by atoms with van der Waals surface area (Å²) >= 11 is 1.27. The molecule has 0 radical (unpaired) electrons. The van der Waals surface area contributed by atoms with Crippen molar-refractivity contribution in [1.29, 1.82) is 0 Å². The van der Waals surface area contributed by atoms with Crippen LogP contribution < -0.4 is 4.72 Å². The summed E-state index contributed by atoms with van der Waals surface area (Å²) < 4.78 is 31.0. The lowest BCUT2D eigenvalue weighted by molar-refractivity contribution is 0.601. The molecule has 7 heteroatoms. The van der Waals surface area contributed by atoms with Gasteiger partial charge in [-0.15, -0.1) is 5.10 Å². The molecule has 0 amide bonds. The first-order chi connectivity index (χ1) is 10.5. The van der Waals surface area contributed by atoms with Gasteiger partial charge in [-0.05, 0) is 42.7 Å². The van der Waals surface area contributed by atoms with Gasteiger partial charge >= 0.3 is 0 Å². The summed E-state index contributed by atoms with van der Waals surface area (Å²) in [5.74, 6) is 0. The van der Waals surface area contributed by atoms with E-state index in [4.69, 9.17) is 0 Å². The number of benzene rings is 2. The van der Waals surface area contributed by atoms with Crippen molar-refractivity contribution in [2.75, 3.05) is 4.72 Å². The van der Waals surface area contributed by atoms with Gasteiger partial charge in [-0.1, -0.05) is 34.3 Å². The van der Waals surface area contributed by atoms with Crippen LogP contribution in [0, 0.1) is 6.92 Å². The minimum atomic E-state index is -3.57. The fourth-order valence-corrected chi connectivity index (χ4v) is 3.45. The maximum Gasteiger partial charge on any atom is 0.261 e. The van der Waals surface area contributed by atoms with Crippen molar-refractivity contribution in [3.05, 3.63) is 59.5 Å². The van der Waals surface area contributed by atoms with E-state index in [1.165, 1.54) is 11.5 Å². The van der Waals surface area contributed by atoms with E-state index in [0.29, 0.717) is 5.69 Å². The van der Waals surface area contributed by atoms with Crippen LogP contribution in [-0.4, -0.2) is 18.0 Å².